The number of likely N-dealkylation sites (tertiary alicyclic amines) is 1. The monoisotopic (exact) mass is 850 g/mol. The largest absolute Gasteiger partial charge is 0.455 e. The number of ether oxygens (including phenoxy) is 6. The highest BCUT2D eigenvalue weighted by molar-refractivity contribution is 5.89. The molecule has 0 aromatic heterocycles. The van der Waals surface area contributed by atoms with Gasteiger partial charge in [-0.1, -0.05) is 114 Å². The van der Waals surface area contributed by atoms with Gasteiger partial charge in [0.15, 0.2) is 5.60 Å². The molecule has 61 heavy (non-hydrogen) atoms. The molecule has 11 heteroatoms. The number of hydrogen-bond donors (Lipinski definition) is 2. The number of benzene rings is 1. The molecule has 7 rings (SSSR count). The van der Waals surface area contributed by atoms with E-state index >= 15 is 0 Å². The summed E-state index contributed by atoms with van der Waals surface area (Å²) < 4.78 is 38.6. The van der Waals surface area contributed by atoms with Crippen molar-refractivity contribution in [2.45, 2.75) is 157 Å². The summed E-state index contributed by atoms with van der Waals surface area (Å²) >= 11 is 0. The van der Waals surface area contributed by atoms with Gasteiger partial charge in [-0.15, -0.1) is 0 Å². The number of unbranched alkanes of at least 4 members (excludes halogenated alkanes) is 12. The lowest BCUT2D eigenvalue weighted by atomic mass is 9.43. The Labute approximate surface area is 364 Å². The van der Waals surface area contributed by atoms with E-state index in [1.807, 2.05) is 12.1 Å². The van der Waals surface area contributed by atoms with Crippen LogP contribution in [0.2, 0.25) is 0 Å². The van der Waals surface area contributed by atoms with Gasteiger partial charge in [0.2, 0.25) is 0 Å². The lowest BCUT2D eigenvalue weighted by molar-refractivity contribution is -0.315. The molecule has 7 bridgehead atoms. The van der Waals surface area contributed by atoms with Gasteiger partial charge in [-0.2, -0.15) is 0 Å². The van der Waals surface area contributed by atoms with E-state index in [2.05, 4.69) is 24.9 Å². The van der Waals surface area contributed by atoms with Gasteiger partial charge in [0.1, 0.15) is 23.9 Å². The van der Waals surface area contributed by atoms with Crippen molar-refractivity contribution in [3.63, 3.8) is 0 Å². The zero-order valence-electron chi connectivity index (χ0n) is 37.8. The van der Waals surface area contributed by atoms with Crippen molar-refractivity contribution in [3.05, 3.63) is 60.2 Å². The molecule has 1 saturated heterocycles. The van der Waals surface area contributed by atoms with E-state index in [-0.39, 0.29) is 29.9 Å². The predicted octanol–water partition coefficient (Wildman–Crippen LogP) is 7.47. The molecule has 11 nitrogen and oxygen atoms in total. The van der Waals surface area contributed by atoms with Gasteiger partial charge in [-0.25, -0.2) is 9.59 Å². The molecule has 1 aliphatic heterocycles. The number of allylic oxidation sites excluding steroid dienone is 3. The highest BCUT2D eigenvalue weighted by Gasteiger charge is 2.91. The fraction of sp³-hybridized carbons (Fsp3) is 0.760. The first-order valence-corrected chi connectivity index (χ1v) is 23.6. The minimum absolute atomic E-state index is 0.138. The van der Waals surface area contributed by atoms with Crippen molar-refractivity contribution in [2.24, 2.45) is 34.5 Å². The molecule has 340 valence electrons. The molecule has 1 spiro atoms. The summed E-state index contributed by atoms with van der Waals surface area (Å²) in [6, 6.07) is 8.43. The van der Waals surface area contributed by atoms with Crippen LogP contribution in [0.4, 0.5) is 0 Å². The molecule has 5 aliphatic carbocycles. The van der Waals surface area contributed by atoms with Gasteiger partial charge in [-0.3, -0.25) is 0 Å². The van der Waals surface area contributed by atoms with Crippen molar-refractivity contribution >= 4 is 11.9 Å². The van der Waals surface area contributed by atoms with E-state index in [1.54, 1.807) is 51.7 Å². The lowest BCUT2D eigenvalue weighted by Crippen LogP contribution is -2.80. The molecule has 14 atom stereocenters. The minimum Gasteiger partial charge on any atom is -0.455 e. The number of rotatable bonds is 23. The van der Waals surface area contributed by atoms with E-state index in [9.17, 15) is 19.8 Å². The van der Waals surface area contributed by atoms with Crippen molar-refractivity contribution in [1.29, 1.82) is 0 Å². The molecule has 2 N–H and O–H groups in total. The average molecular weight is 850 g/mol. The number of piperidine rings is 1. The first kappa shape index (κ1) is 46.4. The van der Waals surface area contributed by atoms with Crippen molar-refractivity contribution < 1.29 is 48.2 Å². The average Bonchev–Trinajstić information content (AvgIpc) is 3.65. The third-order valence-corrected chi connectivity index (χ3v) is 16.4. The van der Waals surface area contributed by atoms with E-state index in [0.29, 0.717) is 12.2 Å². The van der Waals surface area contributed by atoms with Crippen LogP contribution in [0.15, 0.2) is 54.6 Å². The Kier molecular flexibility index (Phi) is 14.9. The number of aliphatic hydroxyl groups excluding tert-OH is 1. The SMILES string of the molecule is CCCCCCCCCCCCCC/C=C/C=C/C(=O)O[C@]12[C@H]3[C@@H](OC(=O)c4ccccc4)[C@](O)(C[C@H]3[C@@]34C5[C@@H]1[C@H](OC)[C@@H]3[C@@](COC)(CC[C@@H]4OC)CN5C)[C@@H](OC)[C@@H]2O. The Morgan fingerprint density at radius 1 is 0.852 bits per heavy atom. The quantitative estimate of drug-likeness (QED) is 0.0492. The highest BCUT2D eigenvalue weighted by Crippen LogP contribution is 2.80. The van der Waals surface area contributed by atoms with Crippen LogP contribution in [0, 0.1) is 34.5 Å². The lowest BCUT2D eigenvalue weighted by Gasteiger charge is -2.69. The van der Waals surface area contributed by atoms with Gasteiger partial charge in [0.05, 0.1) is 24.4 Å². The van der Waals surface area contributed by atoms with E-state index in [0.717, 1.165) is 32.2 Å². The van der Waals surface area contributed by atoms with Crippen LogP contribution in [-0.4, -0.2) is 123 Å². The van der Waals surface area contributed by atoms with Crippen molar-refractivity contribution in [2.75, 3.05) is 48.6 Å². The van der Waals surface area contributed by atoms with Crippen LogP contribution in [0.1, 0.15) is 120 Å². The second kappa shape index (κ2) is 19.6. The fourth-order valence-corrected chi connectivity index (χ4v) is 14.6. The molecule has 1 aromatic carbocycles. The highest BCUT2D eigenvalue weighted by atomic mass is 16.6. The Morgan fingerprint density at radius 3 is 2.15 bits per heavy atom. The molecular weight excluding hydrogens is 775 g/mol. The van der Waals surface area contributed by atoms with Gasteiger partial charge in [-0.05, 0) is 57.2 Å². The minimum atomic E-state index is -1.80. The first-order valence-electron chi connectivity index (χ1n) is 23.6. The van der Waals surface area contributed by atoms with Crippen LogP contribution in [0.3, 0.4) is 0 Å². The number of carbonyl (C=O) groups excluding carboxylic acids is 2. The maximum absolute atomic E-state index is 14.4. The van der Waals surface area contributed by atoms with Gasteiger partial charge < -0.3 is 43.5 Å². The topological polar surface area (TPSA) is 133 Å². The summed E-state index contributed by atoms with van der Waals surface area (Å²) in [5.74, 6) is -3.21. The third-order valence-electron chi connectivity index (χ3n) is 16.4. The number of fused-ring (bicyclic) bond motifs is 2. The van der Waals surface area contributed by atoms with Crippen molar-refractivity contribution in [3.8, 4) is 0 Å². The molecule has 5 saturated carbocycles. The number of methoxy groups -OCH3 is 4. The van der Waals surface area contributed by atoms with Crippen LogP contribution in [0.5, 0.6) is 0 Å². The molecular formula is C50H75NO10. The van der Waals surface area contributed by atoms with Crippen molar-refractivity contribution in [1.82, 2.24) is 4.90 Å². The Balaban J connectivity index is 1.16. The van der Waals surface area contributed by atoms with Crippen LogP contribution >= 0.6 is 0 Å². The number of aliphatic hydroxyl groups is 2. The molecule has 1 aromatic rings. The fourth-order valence-electron chi connectivity index (χ4n) is 14.6. The van der Waals surface area contributed by atoms with Gasteiger partial charge >= 0.3 is 11.9 Å². The summed E-state index contributed by atoms with van der Waals surface area (Å²) in [5.41, 5.74) is -4.14. The smallest absolute Gasteiger partial charge is 0.338 e. The summed E-state index contributed by atoms with van der Waals surface area (Å²) in [6.07, 6.45) is 20.7. The Hall–Kier alpha value is -2.64. The zero-order valence-corrected chi connectivity index (χ0v) is 37.8. The zero-order chi connectivity index (χ0) is 43.4. The van der Waals surface area contributed by atoms with E-state index < -0.39 is 70.7 Å². The molecule has 1 unspecified atom stereocenters. The molecule has 0 amide bonds. The second-order valence-corrected chi connectivity index (χ2v) is 19.5. The third kappa shape index (κ3) is 7.78. The van der Waals surface area contributed by atoms with E-state index in [4.69, 9.17) is 28.4 Å². The summed E-state index contributed by atoms with van der Waals surface area (Å²) in [5, 5.41) is 25.9. The second-order valence-electron chi connectivity index (χ2n) is 19.5. The summed E-state index contributed by atoms with van der Waals surface area (Å²) in [7, 11) is 8.73. The molecule has 6 aliphatic rings. The summed E-state index contributed by atoms with van der Waals surface area (Å²) in [6.45, 7) is 3.47. The normalized spacial score (nSPS) is 39.6. The number of hydrogen-bond acceptors (Lipinski definition) is 11. The van der Waals surface area contributed by atoms with Gasteiger partial charge in [0.25, 0.3) is 0 Å². The maximum atomic E-state index is 14.4. The van der Waals surface area contributed by atoms with Crippen LogP contribution in [-0.2, 0) is 33.2 Å². The number of carbonyl (C=O) groups is 2. The standard InChI is InChI=1S/C50H75NO10/c1-7-8-9-10-11-12-13-14-15-16-17-18-19-20-21-25-28-37(52)61-50-38-35(31-48(55,45(59-6)43(50)53)44(38)60-46(54)34-26-23-22-24-27-34)49-36(57-4)29-30-47(33-56-3)32-51(2)42(49)39(50)40(58-5)41(47)49/h20-28,35-36,38-45,53,55H,7-19,29-33H2,1-6H3/b21-20+,28-25+/t35-,36+,38-,39+,40+,41-,42?,43+,44-,45+,47+,48-,49+,50-/m1/s1. The molecule has 6 fully saturated rings. The van der Waals surface area contributed by atoms with Gasteiger partial charge in [0, 0.05) is 75.7 Å². The van der Waals surface area contributed by atoms with E-state index in [1.165, 1.54) is 83.8 Å². The Bertz CT molecular complexity index is 1690. The molecule has 1 heterocycles. The van der Waals surface area contributed by atoms with Crippen LogP contribution in [0.25, 0.3) is 0 Å². The van der Waals surface area contributed by atoms with Crippen LogP contribution < -0.4 is 0 Å². The predicted molar refractivity (Wildman–Crippen MR) is 233 cm³/mol. The first-order chi connectivity index (χ1) is 29.6. The number of esters is 2. The number of nitrogens with zero attached hydrogens (tertiary/aromatic N) is 1. The maximum Gasteiger partial charge on any atom is 0.338 e. The molecule has 0 radical (unpaired) electrons. The summed E-state index contributed by atoms with van der Waals surface area (Å²) in [4.78, 5) is 30.8. The Morgan fingerprint density at radius 2 is 1.52 bits per heavy atom.